The van der Waals surface area contributed by atoms with Gasteiger partial charge in [0, 0.05) is 18.8 Å². The first-order valence-corrected chi connectivity index (χ1v) is 5.92. The van der Waals surface area contributed by atoms with Crippen LogP contribution in [0.4, 0.5) is 0 Å². The highest BCUT2D eigenvalue weighted by Crippen LogP contribution is 2.12. The van der Waals surface area contributed by atoms with E-state index < -0.39 is 0 Å². The van der Waals surface area contributed by atoms with Crippen LogP contribution in [-0.4, -0.2) is 28.1 Å². The molecular weight excluding hydrogens is 186 g/mol. The maximum Gasteiger partial charge on any atom is 0.136 e. The second-order valence-corrected chi connectivity index (χ2v) is 4.80. The second kappa shape index (κ2) is 6.72. The van der Waals surface area contributed by atoms with Gasteiger partial charge >= 0.3 is 0 Å². The molecule has 0 unspecified atom stereocenters. The van der Waals surface area contributed by atoms with Crippen molar-refractivity contribution >= 4 is 28.3 Å². The van der Waals surface area contributed by atoms with E-state index in [-0.39, 0.29) is 0 Å². The number of rotatable bonds is 4. The van der Waals surface area contributed by atoms with Gasteiger partial charge in [-0.15, -0.1) is 0 Å². The Kier molecular flexibility index (Phi) is 6.86. The molecule has 0 aliphatic carbocycles. The lowest BCUT2D eigenvalue weighted by Gasteiger charge is -2.21. The first-order chi connectivity index (χ1) is 5.61. The quantitative estimate of drug-likeness (QED) is 0.650. The fourth-order valence-electron chi connectivity index (χ4n) is 0.811. The van der Waals surface area contributed by atoms with E-state index in [9.17, 15) is 0 Å². The van der Waals surface area contributed by atoms with Crippen molar-refractivity contribution in [3.63, 3.8) is 0 Å². The molecule has 0 radical (unpaired) electrons. The Morgan fingerprint density at radius 2 is 1.83 bits per heavy atom. The summed E-state index contributed by atoms with van der Waals surface area (Å²) in [5, 5.41) is 0. The Morgan fingerprint density at radius 1 is 1.33 bits per heavy atom. The molecule has 72 valence electrons. The van der Waals surface area contributed by atoms with E-state index in [2.05, 4.69) is 32.6 Å². The summed E-state index contributed by atoms with van der Waals surface area (Å²) in [5.41, 5.74) is 0. The normalized spacial score (nSPS) is 10.4. The molecule has 0 aliphatic rings. The lowest BCUT2D eigenvalue weighted by Crippen LogP contribution is -2.27. The number of thioether (sulfide) groups is 1. The van der Waals surface area contributed by atoms with Gasteiger partial charge in [-0.05, 0) is 19.8 Å². The van der Waals surface area contributed by atoms with Crippen molar-refractivity contribution in [1.82, 2.24) is 4.90 Å². The smallest absolute Gasteiger partial charge is 0.136 e. The zero-order valence-electron chi connectivity index (χ0n) is 8.46. The van der Waals surface area contributed by atoms with Crippen molar-refractivity contribution in [1.29, 1.82) is 0 Å². The molecule has 0 heterocycles. The van der Waals surface area contributed by atoms with Crippen LogP contribution < -0.4 is 0 Å². The van der Waals surface area contributed by atoms with E-state index in [0.29, 0.717) is 0 Å². The molecule has 0 rings (SSSR count). The molecule has 0 fully saturated rings. The average molecular weight is 205 g/mol. The lowest BCUT2D eigenvalue weighted by molar-refractivity contribution is 0.482. The summed E-state index contributed by atoms with van der Waals surface area (Å²) in [7, 11) is 0. The number of thiocarbonyl (C=S) groups is 1. The van der Waals surface area contributed by atoms with E-state index in [1.807, 2.05) is 0 Å². The largest absolute Gasteiger partial charge is 0.358 e. The molecule has 0 aromatic rings. The van der Waals surface area contributed by atoms with Crippen molar-refractivity contribution in [2.75, 3.05) is 18.8 Å². The van der Waals surface area contributed by atoms with Crippen LogP contribution in [0.3, 0.4) is 0 Å². The third-order valence-corrected chi connectivity index (χ3v) is 3.51. The summed E-state index contributed by atoms with van der Waals surface area (Å²) in [4.78, 5) is 2.22. The first kappa shape index (κ1) is 12.2. The van der Waals surface area contributed by atoms with Crippen molar-refractivity contribution in [2.24, 2.45) is 5.92 Å². The Balaban J connectivity index is 3.69. The Hall–Kier alpha value is 0.240. The molecule has 0 N–H and O–H groups in total. The summed E-state index contributed by atoms with van der Waals surface area (Å²) in [5.74, 6) is 1.86. The minimum absolute atomic E-state index is 0.725. The van der Waals surface area contributed by atoms with Gasteiger partial charge < -0.3 is 4.90 Å². The van der Waals surface area contributed by atoms with Crippen molar-refractivity contribution in [2.45, 2.75) is 27.7 Å². The van der Waals surface area contributed by atoms with Gasteiger partial charge in [-0.1, -0.05) is 37.8 Å². The average Bonchev–Trinajstić information content (AvgIpc) is 2.03. The molecule has 0 amide bonds. The van der Waals surface area contributed by atoms with E-state index in [1.54, 1.807) is 11.8 Å². The van der Waals surface area contributed by atoms with Crippen LogP contribution in [0.15, 0.2) is 0 Å². The van der Waals surface area contributed by atoms with Gasteiger partial charge in [0.25, 0.3) is 0 Å². The summed E-state index contributed by atoms with van der Waals surface area (Å²) in [6.45, 7) is 10.8. The molecule has 0 bridgehead atoms. The van der Waals surface area contributed by atoms with Crippen molar-refractivity contribution in [3.05, 3.63) is 0 Å². The SMILES string of the molecule is CCN(CC)C(=S)SCC(C)C. The maximum absolute atomic E-state index is 5.28. The maximum atomic E-state index is 5.28. The highest BCUT2D eigenvalue weighted by Gasteiger charge is 2.05. The molecule has 0 saturated heterocycles. The van der Waals surface area contributed by atoms with Crippen molar-refractivity contribution in [3.8, 4) is 0 Å². The van der Waals surface area contributed by atoms with Crippen LogP contribution >= 0.6 is 24.0 Å². The van der Waals surface area contributed by atoms with E-state index in [4.69, 9.17) is 12.2 Å². The third kappa shape index (κ3) is 4.99. The monoisotopic (exact) mass is 205 g/mol. The number of hydrogen-bond acceptors (Lipinski definition) is 2. The summed E-state index contributed by atoms with van der Waals surface area (Å²) >= 11 is 7.08. The van der Waals surface area contributed by atoms with E-state index >= 15 is 0 Å². The van der Waals surface area contributed by atoms with Crippen LogP contribution in [0, 0.1) is 5.92 Å². The highest BCUT2D eigenvalue weighted by atomic mass is 32.2. The van der Waals surface area contributed by atoms with E-state index in [0.717, 1.165) is 29.1 Å². The van der Waals surface area contributed by atoms with Crippen LogP contribution in [0.2, 0.25) is 0 Å². The minimum Gasteiger partial charge on any atom is -0.358 e. The zero-order valence-corrected chi connectivity index (χ0v) is 10.1. The molecule has 0 aromatic carbocycles. The molecule has 0 aromatic heterocycles. The first-order valence-electron chi connectivity index (χ1n) is 4.53. The molecule has 0 spiro atoms. The number of hydrogen-bond donors (Lipinski definition) is 0. The minimum atomic E-state index is 0.725. The molecule has 0 atom stereocenters. The fourth-order valence-corrected chi connectivity index (χ4v) is 2.19. The van der Waals surface area contributed by atoms with Crippen LogP contribution in [0.25, 0.3) is 0 Å². The molecule has 1 nitrogen and oxygen atoms in total. The predicted octanol–water partition coefficient (Wildman–Crippen LogP) is 3.00. The Bertz CT molecular complexity index is 130. The molecular formula is C9H19NS2. The van der Waals surface area contributed by atoms with Crippen LogP contribution in [0.5, 0.6) is 0 Å². The standard InChI is InChI=1S/C9H19NS2/c1-5-10(6-2)9(11)12-7-8(3)4/h8H,5-7H2,1-4H3. The van der Waals surface area contributed by atoms with Gasteiger partial charge in [0.2, 0.25) is 0 Å². The van der Waals surface area contributed by atoms with Gasteiger partial charge in [0.15, 0.2) is 0 Å². The van der Waals surface area contributed by atoms with Crippen LogP contribution in [-0.2, 0) is 0 Å². The van der Waals surface area contributed by atoms with Crippen molar-refractivity contribution < 1.29 is 0 Å². The summed E-state index contributed by atoms with van der Waals surface area (Å²) in [6, 6.07) is 0. The van der Waals surface area contributed by atoms with Gasteiger partial charge in [-0.25, -0.2) is 0 Å². The van der Waals surface area contributed by atoms with Gasteiger partial charge in [-0.3, -0.25) is 0 Å². The summed E-state index contributed by atoms with van der Waals surface area (Å²) < 4.78 is 1.05. The fraction of sp³-hybridized carbons (Fsp3) is 0.889. The molecule has 0 saturated carbocycles. The second-order valence-electron chi connectivity index (χ2n) is 3.14. The van der Waals surface area contributed by atoms with Crippen LogP contribution in [0.1, 0.15) is 27.7 Å². The Morgan fingerprint density at radius 3 is 2.17 bits per heavy atom. The predicted molar refractivity (Wildman–Crippen MR) is 62.8 cm³/mol. The van der Waals surface area contributed by atoms with E-state index in [1.165, 1.54) is 0 Å². The van der Waals surface area contributed by atoms with Gasteiger partial charge in [0.1, 0.15) is 4.32 Å². The molecule has 3 heteroatoms. The molecule has 0 aliphatic heterocycles. The zero-order chi connectivity index (χ0) is 9.56. The third-order valence-electron chi connectivity index (χ3n) is 1.56. The number of nitrogens with zero attached hydrogens (tertiary/aromatic N) is 1. The molecule has 12 heavy (non-hydrogen) atoms. The topological polar surface area (TPSA) is 3.24 Å². The highest BCUT2D eigenvalue weighted by molar-refractivity contribution is 8.22. The van der Waals surface area contributed by atoms with Gasteiger partial charge in [0.05, 0.1) is 0 Å². The lowest BCUT2D eigenvalue weighted by atomic mass is 10.3. The Labute approximate surface area is 85.9 Å². The summed E-state index contributed by atoms with van der Waals surface area (Å²) in [6.07, 6.45) is 0. The van der Waals surface area contributed by atoms with Gasteiger partial charge in [-0.2, -0.15) is 0 Å².